The number of hydrogen-bond donors (Lipinski definition) is 0. The van der Waals surface area contributed by atoms with Crippen LogP contribution < -0.4 is 5.56 Å². The van der Waals surface area contributed by atoms with Crippen LogP contribution in [0, 0.1) is 12.7 Å². The molecular weight excluding hydrogens is 383 g/mol. The molecule has 0 aliphatic rings. The van der Waals surface area contributed by atoms with Crippen molar-refractivity contribution in [3.63, 3.8) is 0 Å². The molecule has 0 aliphatic carbocycles. The molecule has 2 aromatic heterocycles. The minimum atomic E-state index is -0.340. The van der Waals surface area contributed by atoms with Crippen molar-refractivity contribution in [2.75, 3.05) is 0 Å². The van der Waals surface area contributed by atoms with Crippen molar-refractivity contribution < 1.29 is 4.39 Å². The largest absolute Gasteiger partial charge is 0.276 e. The van der Waals surface area contributed by atoms with Gasteiger partial charge in [-0.05, 0) is 43.3 Å². The standard InChI is InChI=1S/C21H14ClFN2OS/c1-13-12-17-20(27-13)21(26)25(18-9-5-3-7-15(18)22)19(24-17)11-10-14-6-2-4-8-16(14)23/h2-12H,1H3/b11-10+. The minimum Gasteiger partial charge on any atom is -0.267 e. The van der Waals surface area contributed by atoms with Crippen molar-refractivity contribution in [1.82, 2.24) is 9.55 Å². The molecule has 0 saturated heterocycles. The lowest BCUT2D eigenvalue weighted by Crippen LogP contribution is -2.21. The van der Waals surface area contributed by atoms with Gasteiger partial charge in [0.15, 0.2) is 0 Å². The molecule has 4 aromatic rings. The highest BCUT2D eigenvalue weighted by Gasteiger charge is 2.15. The third-order valence-corrected chi connectivity index (χ3v) is 5.45. The Hall–Kier alpha value is -2.76. The van der Waals surface area contributed by atoms with Gasteiger partial charge in [-0.2, -0.15) is 0 Å². The molecule has 0 fully saturated rings. The number of aryl methyl sites for hydroxylation is 1. The summed E-state index contributed by atoms with van der Waals surface area (Å²) in [5.74, 6) is 0.0505. The van der Waals surface area contributed by atoms with E-state index in [-0.39, 0.29) is 11.4 Å². The summed E-state index contributed by atoms with van der Waals surface area (Å²) in [5, 5.41) is 0.439. The lowest BCUT2D eigenvalue weighted by molar-refractivity contribution is 0.625. The number of rotatable bonds is 3. The summed E-state index contributed by atoms with van der Waals surface area (Å²) in [4.78, 5) is 18.8. The van der Waals surface area contributed by atoms with Crippen molar-refractivity contribution in [2.24, 2.45) is 0 Å². The minimum absolute atomic E-state index is 0.195. The summed E-state index contributed by atoms with van der Waals surface area (Å²) >= 11 is 7.73. The average Bonchev–Trinajstić information content (AvgIpc) is 3.03. The molecule has 2 aromatic carbocycles. The van der Waals surface area contributed by atoms with Gasteiger partial charge in [-0.25, -0.2) is 9.37 Å². The molecule has 2 heterocycles. The molecule has 0 spiro atoms. The first-order valence-electron chi connectivity index (χ1n) is 8.25. The van der Waals surface area contributed by atoms with E-state index in [4.69, 9.17) is 11.6 Å². The van der Waals surface area contributed by atoms with E-state index >= 15 is 0 Å². The van der Waals surface area contributed by atoms with E-state index in [0.29, 0.717) is 32.3 Å². The molecular formula is C21H14ClFN2OS. The average molecular weight is 397 g/mol. The van der Waals surface area contributed by atoms with E-state index in [1.165, 1.54) is 22.0 Å². The predicted molar refractivity (Wildman–Crippen MR) is 110 cm³/mol. The Labute approximate surface area is 164 Å². The van der Waals surface area contributed by atoms with Gasteiger partial charge in [-0.3, -0.25) is 9.36 Å². The normalized spacial score (nSPS) is 11.5. The van der Waals surface area contributed by atoms with Gasteiger partial charge in [0.05, 0.1) is 16.2 Å². The van der Waals surface area contributed by atoms with Crippen LogP contribution in [-0.2, 0) is 0 Å². The van der Waals surface area contributed by atoms with Gasteiger partial charge in [0.25, 0.3) is 5.56 Å². The molecule has 0 bridgehead atoms. The first-order valence-corrected chi connectivity index (χ1v) is 9.45. The number of fused-ring (bicyclic) bond motifs is 1. The van der Waals surface area contributed by atoms with E-state index in [9.17, 15) is 9.18 Å². The molecule has 134 valence electrons. The number of thiophene rings is 1. The molecule has 0 saturated carbocycles. The van der Waals surface area contributed by atoms with E-state index in [1.807, 2.05) is 19.1 Å². The predicted octanol–water partition coefficient (Wildman–Crippen LogP) is 5.72. The van der Waals surface area contributed by atoms with Crippen molar-refractivity contribution in [2.45, 2.75) is 6.92 Å². The third kappa shape index (κ3) is 3.31. The summed E-state index contributed by atoms with van der Waals surface area (Å²) in [6.45, 7) is 1.93. The van der Waals surface area contributed by atoms with Crippen LogP contribution in [0.15, 0.2) is 59.4 Å². The highest BCUT2D eigenvalue weighted by molar-refractivity contribution is 7.18. The van der Waals surface area contributed by atoms with E-state index in [2.05, 4.69) is 4.98 Å². The first kappa shape index (κ1) is 17.6. The molecule has 0 atom stereocenters. The van der Waals surface area contributed by atoms with Gasteiger partial charge >= 0.3 is 0 Å². The lowest BCUT2D eigenvalue weighted by atomic mass is 10.2. The zero-order valence-electron chi connectivity index (χ0n) is 14.3. The van der Waals surface area contributed by atoms with Crippen LogP contribution >= 0.6 is 22.9 Å². The second kappa shape index (κ2) is 7.10. The van der Waals surface area contributed by atoms with Crippen LogP contribution in [0.25, 0.3) is 28.1 Å². The third-order valence-electron chi connectivity index (χ3n) is 4.11. The summed E-state index contributed by atoms with van der Waals surface area (Å²) in [5.41, 5.74) is 1.38. The fraction of sp³-hybridized carbons (Fsp3) is 0.0476. The smallest absolute Gasteiger partial charge is 0.267 e. The molecule has 0 radical (unpaired) electrons. The Kier molecular flexibility index (Phi) is 4.64. The second-order valence-electron chi connectivity index (χ2n) is 5.99. The summed E-state index contributed by atoms with van der Waals surface area (Å²) in [7, 11) is 0. The maximum atomic E-state index is 14.0. The molecule has 3 nitrogen and oxygen atoms in total. The lowest BCUT2D eigenvalue weighted by Gasteiger charge is -2.11. The Morgan fingerprint density at radius 2 is 1.85 bits per heavy atom. The van der Waals surface area contributed by atoms with Crippen LogP contribution in [0.2, 0.25) is 5.02 Å². The van der Waals surface area contributed by atoms with Crippen LogP contribution in [0.1, 0.15) is 16.3 Å². The Morgan fingerprint density at radius 3 is 2.63 bits per heavy atom. The fourth-order valence-electron chi connectivity index (χ4n) is 2.87. The van der Waals surface area contributed by atoms with E-state index in [0.717, 1.165) is 4.88 Å². The van der Waals surface area contributed by atoms with E-state index < -0.39 is 0 Å². The highest BCUT2D eigenvalue weighted by atomic mass is 35.5. The maximum Gasteiger partial charge on any atom is 0.276 e. The number of aromatic nitrogens is 2. The quantitative estimate of drug-likeness (QED) is 0.444. The Morgan fingerprint density at radius 1 is 1.11 bits per heavy atom. The summed E-state index contributed by atoms with van der Waals surface area (Å²) in [6.07, 6.45) is 3.24. The monoisotopic (exact) mass is 396 g/mol. The molecule has 6 heteroatoms. The number of hydrogen-bond acceptors (Lipinski definition) is 3. The zero-order chi connectivity index (χ0) is 19.0. The molecule has 4 rings (SSSR count). The Bertz CT molecular complexity index is 1240. The number of halogens is 2. The van der Waals surface area contributed by atoms with Crippen LogP contribution in [0.5, 0.6) is 0 Å². The van der Waals surface area contributed by atoms with Gasteiger partial charge in [0.1, 0.15) is 16.3 Å². The first-order chi connectivity index (χ1) is 13.0. The van der Waals surface area contributed by atoms with Gasteiger partial charge in [0, 0.05) is 10.4 Å². The van der Waals surface area contributed by atoms with Gasteiger partial charge in [0.2, 0.25) is 0 Å². The van der Waals surface area contributed by atoms with Gasteiger partial charge in [-0.15, -0.1) is 11.3 Å². The zero-order valence-corrected chi connectivity index (χ0v) is 15.9. The number of nitrogens with zero attached hydrogens (tertiary/aromatic N) is 2. The van der Waals surface area contributed by atoms with Gasteiger partial charge < -0.3 is 0 Å². The summed E-state index contributed by atoms with van der Waals surface area (Å²) < 4.78 is 16.0. The van der Waals surface area contributed by atoms with Crippen molar-refractivity contribution >= 4 is 45.3 Å². The second-order valence-corrected chi connectivity index (χ2v) is 7.65. The van der Waals surface area contributed by atoms with Crippen LogP contribution in [0.4, 0.5) is 4.39 Å². The van der Waals surface area contributed by atoms with Gasteiger partial charge in [-0.1, -0.05) is 41.9 Å². The summed E-state index contributed by atoms with van der Waals surface area (Å²) in [6, 6.07) is 15.4. The fourth-order valence-corrected chi connectivity index (χ4v) is 3.97. The SMILES string of the molecule is Cc1cc2nc(/C=C/c3ccccc3F)n(-c3ccccc3Cl)c(=O)c2s1. The topological polar surface area (TPSA) is 34.9 Å². The van der Waals surface area contributed by atoms with E-state index in [1.54, 1.807) is 48.6 Å². The molecule has 0 amide bonds. The maximum absolute atomic E-state index is 14.0. The van der Waals surface area contributed by atoms with Crippen molar-refractivity contribution in [1.29, 1.82) is 0 Å². The molecule has 0 N–H and O–H groups in total. The molecule has 27 heavy (non-hydrogen) atoms. The van der Waals surface area contributed by atoms with Crippen molar-refractivity contribution in [3.8, 4) is 5.69 Å². The number of para-hydroxylation sites is 1. The van der Waals surface area contributed by atoms with Crippen LogP contribution in [-0.4, -0.2) is 9.55 Å². The molecule has 0 aliphatic heterocycles. The van der Waals surface area contributed by atoms with Crippen LogP contribution in [0.3, 0.4) is 0 Å². The van der Waals surface area contributed by atoms with Crippen molar-refractivity contribution in [3.05, 3.63) is 92.1 Å². The molecule has 0 unspecified atom stereocenters. The highest BCUT2D eigenvalue weighted by Crippen LogP contribution is 2.25. The Balaban J connectivity index is 1.98. The number of benzene rings is 2.